The number of benzene rings is 1. The average Bonchev–Trinajstić information content (AvgIpc) is 2.21. The molecule has 0 spiro atoms. The van der Waals surface area contributed by atoms with Crippen LogP contribution in [0.4, 0.5) is 5.69 Å². The third-order valence-electron chi connectivity index (χ3n) is 2.38. The molecule has 90 valence electrons. The van der Waals surface area contributed by atoms with Crippen LogP contribution in [-0.2, 0) is 11.2 Å². The molecule has 16 heavy (non-hydrogen) atoms. The highest BCUT2D eigenvalue weighted by Crippen LogP contribution is 2.20. The van der Waals surface area contributed by atoms with Gasteiger partial charge in [-0.2, -0.15) is 0 Å². The van der Waals surface area contributed by atoms with Crippen LogP contribution in [0.2, 0.25) is 0 Å². The van der Waals surface area contributed by atoms with E-state index in [0.717, 1.165) is 17.7 Å². The number of hydrogen-bond acceptors (Lipinski definition) is 2. The fourth-order valence-electron chi connectivity index (χ4n) is 1.54. The smallest absolute Gasteiger partial charge is 0.225 e. The second kappa shape index (κ2) is 7.25. The fourth-order valence-corrected chi connectivity index (χ4v) is 1.54. The van der Waals surface area contributed by atoms with Gasteiger partial charge < -0.3 is 11.1 Å². The Labute approximate surface area is 103 Å². The highest BCUT2D eigenvalue weighted by molar-refractivity contribution is 5.92. The van der Waals surface area contributed by atoms with Crippen LogP contribution >= 0.6 is 12.4 Å². The molecule has 1 rings (SSSR count). The molecule has 0 bridgehead atoms. The van der Waals surface area contributed by atoms with Gasteiger partial charge in [-0.1, -0.05) is 25.1 Å². The van der Waals surface area contributed by atoms with Crippen molar-refractivity contribution in [2.75, 3.05) is 11.9 Å². The van der Waals surface area contributed by atoms with Crippen molar-refractivity contribution in [1.29, 1.82) is 0 Å². The summed E-state index contributed by atoms with van der Waals surface area (Å²) in [5.41, 5.74) is 8.54. The zero-order valence-corrected chi connectivity index (χ0v) is 10.6. The van der Waals surface area contributed by atoms with Crippen LogP contribution in [0.1, 0.15) is 24.5 Å². The minimum atomic E-state index is -0.0125. The molecule has 1 aromatic rings. The highest BCUT2D eigenvalue weighted by atomic mass is 35.5. The average molecular weight is 243 g/mol. The molecule has 0 heterocycles. The van der Waals surface area contributed by atoms with Crippen molar-refractivity contribution in [3.8, 4) is 0 Å². The van der Waals surface area contributed by atoms with E-state index in [9.17, 15) is 4.79 Å². The van der Waals surface area contributed by atoms with E-state index in [-0.39, 0.29) is 18.3 Å². The van der Waals surface area contributed by atoms with Crippen LogP contribution in [-0.4, -0.2) is 12.5 Å². The molecule has 0 aliphatic heterocycles. The lowest BCUT2D eigenvalue weighted by Crippen LogP contribution is -2.17. The third kappa shape index (κ3) is 3.83. The first-order valence-corrected chi connectivity index (χ1v) is 5.27. The first kappa shape index (κ1) is 14.9. The Morgan fingerprint density at radius 2 is 2.12 bits per heavy atom. The second-order valence-corrected chi connectivity index (χ2v) is 3.55. The van der Waals surface area contributed by atoms with E-state index in [1.54, 1.807) is 0 Å². The predicted octanol–water partition coefficient (Wildman–Crippen LogP) is 2.27. The van der Waals surface area contributed by atoms with E-state index in [1.807, 2.05) is 25.1 Å². The summed E-state index contributed by atoms with van der Waals surface area (Å²) in [5.74, 6) is -0.0125. The Kier molecular flexibility index (Phi) is 6.77. The Morgan fingerprint density at radius 1 is 1.44 bits per heavy atom. The van der Waals surface area contributed by atoms with E-state index in [4.69, 9.17) is 5.73 Å². The van der Waals surface area contributed by atoms with Gasteiger partial charge in [0, 0.05) is 18.7 Å². The van der Waals surface area contributed by atoms with Crippen molar-refractivity contribution in [3.05, 3.63) is 29.3 Å². The van der Waals surface area contributed by atoms with Crippen molar-refractivity contribution in [2.24, 2.45) is 5.73 Å². The number of hydrogen-bond donors (Lipinski definition) is 2. The Hall–Kier alpha value is -1.06. The topological polar surface area (TPSA) is 55.1 Å². The van der Waals surface area contributed by atoms with Gasteiger partial charge in [-0.05, 0) is 24.5 Å². The molecular weight excluding hydrogens is 224 g/mol. The molecule has 0 aliphatic rings. The molecule has 4 heteroatoms. The standard InChI is InChI=1S/C12H18N2O.ClH/c1-3-10-6-4-5-9(2)12(10)14-11(15)7-8-13;/h4-6H,3,7-8,13H2,1-2H3,(H,14,15);1H. The van der Waals surface area contributed by atoms with Crippen LogP contribution in [0.15, 0.2) is 18.2 Å². The molecular formula is C12H19ClN2O. The van der Waals surface area contributed by atoms with Crippen LogP contribution in [0, 0.1) is 6.92 Å². The monoisotopic (exact) mass is 242 g/mol. The molecule has 0 saturated carbocycles. The summed E-state index contributed by atoms with van der Waals surface area (Å²) in [6.45, 7) is 4.46. The molecule has 0 fully saturated rings. The molecule has 0 saturated heterocycles. The van der Waals surface area contributed by atoms with Crippen molar-refractivity contribution in [2.45, 2.75) is 26.7 Å². The maximum absolute atomic E-state index is 11.4. The number of rotatable bonds is 4. The highest BCUT2D eigenvalue weighted by Gasteiger charge is 2.07. The third-order valence-corrected chi connectivity index (χ3v) is 2.38. The minimum Gasteiger partial charge on any atom is -0.330 e. The predicted molar refractivity (Wildman–Crippen MR) is 70.1 cm³/mol. The fraction of sp³-hybridized carbons (Fsp3) is 0.417. The van der Waals surface area contributed by atoms with Gasteiger partial charge in [-0.25, -0.2) is 0 Å². The molecule has 3 N–H and O–H groups in total. The van der Waals surface area contributed by atoms with Gasteiger partial charge >= 0.3 is 0 Å². The number of anilines is 1. The van der Waals surface area contributed by atoms with E-state index in [1.165, 1.54) is 5.56 Å². The molecule has 1 amide bonds. The van der Waals surface area contributed by atoms with Crippen molar-refractivity contribution >= 4 is 24.0 Å². The summed E-state index contributed by atoms with van der Waals surface area (Å²) in [5, 5.41) is 2.91. The van der Waals surface area contributed by atoms with Crippen LogP contribution in [0.5, 0.6) is 0 Å². The minimum absolute atomic E-state index is 0. The number of nitrogens with two attached hydrogens (primary N) is 1. The first-order valence-electron chi connectivity index (χ1n) is 5.27. The number of halogens is 1. The summed E-state index contributed by atoms with van der Waals surface area (Å²) in [4.78, 5) is 11.4. The summed E-state index contributed by atoms with van der Waals surface area (Å²) >= 11 is 0. The van der Waals surface area contributed by atoms with E-state index in [2.05, 4.69) is 12.2 Å². The van der Waals surface area contributed by atoms with Crippen molar-refractivity contribution in [1.82, 2.24) is 0 Å². The van der Waals surface area contributed by atoms with Gasteiger partial charge in [0.15, 0.2) is 0 Å². The lowest BCUT2D eigenvalue weighted by Gasteiger charge is -2.12. The zero-order valence-electron chi connectivity index (χ0n) is 9.75. The number of carbonyl (C=O) groups is 1. The first-order chi connectivity index (χ1) is 7.19. The van der Waals surface area contributed by atoms with Gasteiger partial charge in [-0.15, -0.1) is 12.4 Å². The lowest BCUT2D eigenvalue weighted by atomic mass is 10.1. The van der Waals surface area contributed by atoms with Gasteiger partial charge in [0.2, 0.25) is 5.91 Å². The van der Waals surface area contributed by atoms with Gasteiger partial charge in [0.1, 0.15) is 0 Å². The van der Waals surface area contributed by atoms with E-state index < -0.39 is 0 Å². The molecule has 0 unspecified atom stereocenters. The number of nitrogens with one attached hydrogen (secondary N) is 1. The summed E-state index contributed by atoms with van der Waals surface area (Å²) in [6.07, 6.45) is 1.29. The quantitative estimate of drug-likeness (QED) is 0.851. The molecule has 3 nitrogen and oxygen atoms in total. The Morgan fingerprint density at radius 3 is 2.69 bits per heavy atom. The molecule has 0 aromatic heterocycles. The Bertz CT molecular complexity index is 353. The van der Waals surface area contributed by atoms with E-state index >= 15 is 0 Å². The number of aryl methyl sites for hydroxylation is 2. The van der Waals surface area contributed by atoms with Crippen LogP contribution in [0.25, 0.3) is 0 Å². The molecule has 0 radical (unpaired) electrons. The maximum atomic E-state index is 11.4. The van der Waals surface area contributed by atoms with Crippen LogP contribution < -0.4 is 11.1 Å². The normalized spacial score (nSPS) is 9.44. The Balaban J connectivity index is 0.00000225. The van der Waals surface area contributed by atoms with E-state index in [0.29, 0.717) is 13.0 Å². The lowest BCUT2D eigenvalue weighted by molar-refractivity contribution is -0.116. The summed E-state index contributed by atoms with van der Waals surface area (Å²) in [7, 11) is 0. The number of amides is 1. The van der Waals surface area contributed by atoms with Gasteiger partial charge in [0.05, 0.1) is 0 Å². The summed E-state index contributed by atoms with van der Waals surface area (Å²) in [6, 6.07) is 6.04. The number of carbonyl (C=O) groups excluding carboxylic acids is 1. The SMILES string of the molecule is CCc1cccc(C)c1NC(=O)CCN.Cl. The molecule has 1 aromatic carbocycles. The molecule has 0 aliphatic carbocycles. The van der Waals surface area contributed by atoms with Crippen molar-refractivity contribution in [3.63, 3.8) is 0 Å². The van der Waals surface area contributed by atoms with Gasteiger partial charge in [0.25, 0.3) is 0 Å². The van der Waals surface area contributed by atoms with Crippen LogP contribution in [0.3, 0.4) is 0 Å². The summed E-state index contributed by atoms with van der Waals surface area (Å²) < 4.78 is 0. The van der Waals surface area contributed by atoms with Crippen molar-refractivity contribution < 1.29 is 4.79 Å². The second-order valence-electron chi connectivity index (χ2n) is 3.55. The maximum Gasteiger partial charge on any atom is 0.225 e. The largest absolute Gasteiger partial charge is 0.330 e. The molecule has 0 atom stereocenters. The number of para-hydroxylation sites is 1. The van der Waals surface area contributed by atoms with Gasteiger partial charge in [-0.3, -0.25) is 4.79 Å². The zero-order chi connectivity index (χ0) is 11.3.